The van der Waals surface area contributed by atoms with Crippen LogP contribution in [0.15, 0.2) is 0 Å². The van der Waals surface area contributed by atoms with Gasteiger partial charge in [-0.05, 0) is 19.3 Å². The van der Waals surface area contributed by atoms with E-state index in [9.17, 15) is 5.11 Å². The molecule has 0 spiro atoms. The van der Waals surface area contributed by atoms with Gasteiger partial charge in [0, 0.05) is 12.1 Å². The molecule has 0 radical (unpaired) electrons. The summed E-state index contributed by atoms with van der Waals surface area (Å²) >= 11 is 0. The molecule has 0 atom stereocenters. The van der Waals surface area contributed by atoms with Crippen LogP contribution in [0, 0.1) is 12.8 Å². The van der Waals surface area contributed by atoms with Crippen molar-refractivity contribution in [1.82, 2.24) is 9.78 Å². The predicted molar refractivity (Wildman–Crippen MR) is 57.5 cm³/mol. The van der Waals surface area contributed by atoms with Gasteiger partial charge in [0.05, 0.1) is 5.69 Å². The molecule has 0 bridgehead atoms. The van der Waals surface area contributed by atoms with Crippen molar-refractivity contribution in [2.24, 2.45) is 5.92 Å². The summed E-state index contributed by atoms with van der Waals surface area (Å²) in [4.78, 5) is 0. The lowest BCUT2D eigenvalue weighted by Crippen LogP contribution is -2.05. The Hall–Kier alpha value is -0.990. The summed E-state index contributed by atoms with van der Waals surface area (Å²) in [6.07, 6.45) is 1.96. The molecule has 0 aliphatic rings. The van der Waals surface area contributed by atoms with E-state index in [0.717, 1.165) is 30.6 Å². The lowest BCUT2D eigenvalue weighted by molar-refractivity contribution is 0.368. The first kappa shape index (κ1) is 11.1. The molecule has 0 aliphatic carbocycles. The monoisotopic (exact) mass is 196 g/mol. The summed E-state index contributed by atoms with van der Waals surface area (Å²) in [5.41, 5.74) is 1.97. The molecule has 0 saturated heterocycles. The molecule has 0 aromatic carbocycles. The van der Waals surface area contributed by atoms with Gasteiger partial charge in [-0.1, -0.05) is 27.2 Å². The molecule has 14 heavy (non-hydrogen) atoms. The van der Waals surface area contributed by atoms with Crippen LogP contribution >= 0.6 is 0 Å². The fraction of sp³-hybridized carbons (Fsp3) is 0.727. The first-order valence-corrected chi connectivity index (χ1v) is 5.31. The van der Waals surface area contributed by atoms with Gasteiger partial charge in [0.15, 0.2) is 0 Å². The molecular formula is C11H20N2O. The average molecular weight is 196 g/mol. The van der Waals surface area contributed by atoms with E-state index < -0.39 is 0 Å². The van der Waals surface area contributed by atoms with Crippen LogP contribution in [-0.2, 0) is 13.0 Å². The molecular weight excluding hydrogens is 176 g/mol. The molecule has 1 heterocycles. The minimum atomic E-state index is 0.359. The Labute approximate surface area is 85.8 Å². The highest BCUT2D eigenvalue weighted by Crippen LogP contribution is 2.22. The molecule has 1 rings (SSSR count). The van der Waals surface area contributed by atoms with Gasteiger partial charge in [-0.3, -0.25) is 0 Å². The molecule has 1 aromatic heterocycles. The normalized spacial score (nSPS) is 11.2. The Morgan fingerprint density at radius 3 is 2.57 bits per heavy atom. The van der Waals surface area contributed by atoms with Crippen LogP contribution in [0.2, 0.25) is 0 Å². The van der Waals surface area contributed by atoms with Gasteiger partial charge in [0.2, 0.25) is 5.88 Å². The topological polar surface area (TPSA) is 38.0 Å². The quantitative estimate of drug-likeness (QED) is 0.803. The van der Waals surface area contributed by atoms with Crippen molar-refractivity contribution in [3.8, 4) is 5.88 Å². The molecule has 0 aliphatic heterocycles. The minimum absolute atomic E-state index is 0.359. The molecule has 1 N–H and O–H groups in total. The molecule has 3 heteroatoms. The Kier molecular flexibility index (Phi) is 3.55. The van der Waals surface area contributed by atoms with Crippen molar-refractivity contribution in [2.45, 2.75) is 47.1 Å². The van der Waals surface area contributed by atoms with Crippen LogP contribution in [0.1, 0.15) is 38.4 Å². The molecule has 0 fully saturated rings. The second-order valence-corrected chi connectivity index (χ2v) is 4.21. The number of aryl methyl sites for hydroxylation is 1. The van der Waals surface area contributed by atoms with Crippen LogP contribution < -0.4 is 0 Å². The SMILES string of the molecule is CCCc1c(C)nn(CC(C)C)c1O. The van der Waals surface area contributed by atoms with Gasteiger partial charge in [-0.2, -0.15) is 5.10 Å². The van der Waals surface area contributed by atoms with Crippen molar-refractivity contribution in [2.75, 3.05) is 0 Å². The highest BCUT2D eigenvalue weighted by molar-refractivity contribution is 5.29. The van der Waals surface area contributed by atoms with Crippen molar-refractivity contribution < 1.29 is 5.11 Å². The van der Waals surface area contributed by atoms with E-state index in [0.29, 0.717) is 11.8 Å². The van der Waals surface area contributed by atoms with E-state index in [1.165, 1.54) is 0 Å². The van der Waals surface area contributed by atoms with E-state index in [4.69, 9.17) is 0 Å². The van der Waals surface area contributed by atoms with Gasteiger partial charge < -0.3 is 5.11 Å². The van der Waals surface area contributed by atoms with Gasteiger partial charge in [-0.15, -0.1) is 0 Å². The smallest absolute Gasteiger partial charge is 0.212 e. The van der Waals surface area contributed by atoms with E-state index in [1.807, 2.05) is 6.92 Å². The Morgan fingerprint density at radius 1 is 1.43 bits per heavy atom. The van der Waals surface area contributed by atoms with Crippen LogP contribution in [0.4, 0.5) is 0 Å². The molecule has 3 nitrogen and oxygen atoms in total. The first-order valence-electron chi connectivity index (χ1n) is 5.31. The Balaban J connectivity index is 2.92. The molecule has 0 saturated carbocycles. The lowest BCUT2D eigenvalue weighted by Gasteiger charge is -2.06. The average Bonchev–Trinajstić information content (AvgIpc) is 2.32. The summed E-state index contributed by atoms with van der Waals surface area (Å²) < 4.78 is 1.71. The molecule has 0 amide bonds. The van der Waals surface area contributed by atoms with Crippen molar-refractivity contribution in [3.05, 3.63) is 11.3 Å². The van der Waals surface area contributed by atoms with E-state index >= 15 is 0 Å². The zero-order chi connectivity index (χ0) is 10.7. The highest BCUT2D eigenvalue weighted by atomic mass is 16.3. The predicted octanol–water partition coefficient (Wildman–Crippen LogP) is 2.51. The zero-order valence-electron chi connectivity index (χ0n) is 9.54. The Bertz CT molecular complexity index is 302. The third kappa shape index (κ3) is 2.28. The van der Waals surface area contributed by atoms with Crippen molar-refractivity contribution in [1.29, 1.82) is 0 Å². The van der Waals surface area contributed by atoms with Gasteiger partial charge in [-0.25, -0.2) is 4.68 Å². The standard InChI is InChI=1S/C11H20N2O/c1-5-6-10-9(4)12-13(11(10)14)7-8(2)3/h8,14H,5-7H2,1-4H3. The lowest BCUT2D eigenvalue weighted by atomic mass is 10.1. The number of hydrogen-bond acceptors (Lipinski definition) is 2. The van der Waals surface area contributed by atoms with Gasteiger partial charge in [0.1, 0.15) is 0 Å². The largest absolute Gasteiger partial charge is 0.493 e. The summed E-state index contributed by atoms with van der Waals surface area (Å²) in [7, 11) is 0. The van der Waals surface area contributed by atoms with Crippen LogP contribution in [-0.4, -0.2) is 14.9 Å². The first-order chi connectivity index (χ1) is 6.56. The van der Waals surface area contributed by atoms with Crippen LogP contribution in [0.25, 0.3) is 0 Å². The van der Waals surface area contributed by atoms with E-state index in [-0.39, 0.29) is 0 Å². The van der Waals surface area contributed by atoms with Crippen molar-refractivity contribution in [3.63, 3.8) is 0 Å². The second kappa shape index (κ2) is 4.49. The summed E-state index contributed by atoms with van der Waals surface area (Å²) in [5.74, 6) is 0.868. The maximum Gasteiger partial charge on any atom is 0.212 e. The maximum atomic E-state index is 9.89. The number of aromatic hydroxyl groups is 1. The molecule has 80 valence electrons. The van der Waals surface area contributed by atoms with E-state index in [1.54, 1.807) is 4.68 Å². The number of hydrogen-bond donors (Lipinski definition) is 1. The van der Waals surface area contributed by atoms with Gasteiger partial charge >= 0.3 is 0 Å². The fourth-order valence-corrected chi connectivity index (χ4v) is 1.62. The highest BCUT2D eigenvalue weighted by Gasteiger charge is 2.13. The maximum absolute atomic E-state index is 9.89. The second-order valence-electron chi connectivity index (χ2n) is 4.21. The number of aromatic nitrogens is 2. The fourth-order valence-electron chi connectivity index (χ4n) is 1.62. The Morgan fingerprint density at radius 2 is 2.07 bits per heavy atom. The summed E-state index contributed by atoms with van der Waals surface area (Å²) in [6, 6.07) is 0. The van der Waals surface area contributed by atoms with Crippen LogP contribution in [0.5, 0.6) is 5.88 Å². The number of nitrogens with zero attached hydrogens (tertiary/aromatic N) is 2. The zero-order valence-corrected chi connectivity index (χ0v) is 9.54. The third-order valence-corrected chi connectivity index (χ3v) is 2.26. The van der Waals surface area contributed by atoms with Crippen molar-refractivity contribution >= 4 is 0 Å². The summed E-state index contributed by atoms with van der Waals surface area (Å²) in [5, 5.41) is 14.2. The molecule has 0 unspecified atom stereocenters. The third-order valence-electron chi connectivity index (χ3n) is 2.26. The molecule has 1 aromatic rings. The summed E-state index contributed by atoms with van der Waals surface area (Å²) in [6.45, 7) is 9.10. The van der Waals surface area contributed by atoms with Gasteiger partial charge in [0.25, 0.3) is 0 Å². The number of rotatable bonds is 4. The van der Waals surface area contributed by atoms with Crippen LogP contribution in [0.3, 0.4) is 0 Å². The minimum Gasteiger partial charge on any atom is -0.493 e. The van der Waals surface area contributed by atoms with E-state index in [2.05, 4.69) is 25.9 Å².